The van der Waals surface area contributed by atoms with Crippen molar-refractivity contribution >= 4 is 0 Å². The maximum Gasteiger partial charge on any atom is 0.0558 e. The molecule has 1 heterocycles. The molecule has 94 valence electrons. The second kappa shape index (κ2) is 5.99. The molecule has 0 bridgehead atoms. The summed E-state index contributed by atoms with van der Waals surface area (Å²) in [5.41, 5.74) is 0. The molecule has 0 radical (unpaired) electrons. The van der Waals surface area contributed by atoms with E-state index in [-0.39, 0.29) is 0 Å². The normalized spacial score (nSPS) is 31.7. The van der Waals surface area contributed by atoms with Gasteiger partial charge in [-0.1, -0.05) is 26.2 Å². The summed E-state index contributed by atoms with van der Waals surface area (Å²) in [4.78, 5) is 2.60. The molecule has 0 spiro atoms. The molecule has 0 aromatic rings. The van der Waals surface area contributed by atoms with E-state index in [0.29, 0.717) is 12.6 Å². The monoisotopic (exact) mass is 226 g/mol. The van der Waals surface area contributed by atoms with E-state index in [1.807, 2.05) is 0 Å². The minimum Gasteiger partial charge on any atom is -0.395 e. The topological polar surface area (TPSA) is 35.5 Å². The fourth-order valence-corrected chi connectivity index (χ4v) is 3.49. The third-order valence-corrected chi connectivity index (χ3v) is 4.41. The molecule has 2 rings (SSSR count). The van der Waals surface area contributed by atoms with Crippen LogP contribution in [0.4, 0.5) is 0 Å². The molecule has 3 heteroatoms. The predicted molar refractivity (Wildman–Crippen MR) is 66.5 cm³/mol. The largest absolute Gasteiger partial charge is 0.395 e. The first-order chi connectivity index (χ1) is 7.86. The zero-order valence-electron chi connectivity index (χ0n) is 10.5. The summed E-state index contributed by atoms with van der Waals surface area (Å²) in [6.45, 7) is 5.75. The van der Waals surface area contributed by atoms with Crippen LogP contribution in [0, 0.1) is 5.92 Å². The second-order valence-electron chi connectivity index (χ2n) is 5.29. The van der Waals surface area contributed by atoms with E-state index in [2.05, 4.69) is 17.1 Å². The van der Waals surface area contributed by atoms with E-state index in [4.69, 9.17) is 0 Å². The molecule has 1 aliphatic carbocycles. The average molecular weight is 226 g/mol. The minimum absolute atomic E-state index is 0.309. The highest BCUT2D eigenvalue weighted by Gasteiger charge is 2.35. The first-order valence-electron chi connectivity index (χ1n) is 6.94. The SMILES string of the molecule is CCC1CNCC1N(CCO)C1CCCC1. The van der Waals surface area contributed by atoms with Gasteiger partial charge in [0.05, 0.1) is 6.61 Å². The van der Waals surface area contributed by atoms with Crippen LogP contribution in [0.5, 0.6) is 0 Å². The summed E-state index contributed by atoms with van der Waals surface area (Å²) in [5, 5.41) is 12.8. The van der Waals surface area contributed by atoms with Crippen LogP contribution in [0.3, 0.4) is 0 Å². The smallest absolute Gasteiger partial charge is 0.0558 e. The molecular formula is C13H26N2O. The van der Waals surface area contributed by atoms with Gasteiger partial charge in [0.25, 0.3) is 0 Å². The van der Waals surface area contributed by atoms with E-state index >= 15 is 0 Å². The lowest BCUT2D eigenvalue weighted by Crippen LogP contribution is -2.47. The summed E-state index contributed by atoms with van der Waals surface area (Å²) in [7, 11) is 0. The van der Waals surface area contributed by atoms with Gasteiger partial charge in [0.15, 0.2) is 0 Å². The molecule has 2 unspecified atom stereocenters. The third kappa shape index (κ3) is 2.58. The highest BCUT2D eigenvalue weighted by molar-refractivity contribution is 4.92. The minimum atomic E-state index is 0.309. The number of nitrogens with one attached hydrogen (secondary N) is 1. The predicted octanol–water partition coefficient (Wildman–Crippen LogP) is 1.22. The quantitative estimate of drug-likeness (QED) is 0.740. The molecule has 3 nitrogen and oxygen atoms in total. The van der Waals surface area contributed by atoms with Gasteiger partial charge in [-0.25, -0.2) is 0 Å². The highest BCUT2D eigenvalue weighted by atomic mass is 16.3. The van der Waals surface area contributed by atoms with Gasteiger partial charge in [0.1, 0.15) is 0 Å². The zero-order chi connectivity index (χ0) is 11.4. The van der Waals surface area contributed by atoms with Crippen LogP contribution in [0.25, 0.3) is 0 Å². The lowest BCUT2D eigenvalue weighted by atomic mass is 9.97. The lowest BCUT2D eigenvalue weighted by Gasteiger charge is -2.36. The number of rotatable bonds is 5. The van der Waals surface area contributed by atoms with Crippen molar-refractivity contribution in [2.75, 3.05) is 26.2 Å². The number of aliphatic hydroxyl groups excluding tert-OH is 1. The molecule has 0 aromatic carbocycles. The summed E-state index contributed by atoms with van der Waals surface area (Å²) < 4.78 is 0. The highest BCUT2D eigenvalue weighted by Crippen LogP contribution is 2.29. The molecule has 0 amide bonds. The van der Waals surface area contributed by atoms with Crippen LogP contribution in [0.2, 0.25) is 0 Å². The Morgan fingerprint density at radius 3 is 2.62 bits per heavy atom. The standard InChI is InChI=1S/C13H26N2O/c1-2-11-9-14-10-13(11)15(7-8-16)12-5-3-4-6-12/h11-14,16H,2-10H2,1H3. The fraction of sp³-hybridized carbons (Fsp3) is 1.00. The molecule has 2 fully saturated rings. The Labute approximate surface area is 99.2 Å². The Kier molecular flexibility index (Phi) is 4.62. The second-order valence-corrected chi connectivity index (χ2v) is 5.29. The molecule has 1 saturated heterocycles. The van der Waals surface area contributed by atoms with Gasteiger partial charge in [-0.15, -0.1) is 0 Å². The van der Waals surface area contributed by atoms with E-state index in [1.165, 1.54) is 32.1 Å². The molecule has 2 atom stereocenters. The molecular weight excluding hydrogens is 200 g/mol. The van der Waals surface area contributed by atoms with E-state index in [0.717, 1.165) is 31.6 Å². The number of aliphatic hydroxyl groups is 1. The van der Waals surface area contributed by atoms with Gasteiger partial charge in [0.2, 0.25) is 0 Å². The molecule has 0 aromatic heterocycles. The third-order valence-electron chi connectivity index (χ3n) is 4.41. The van der Waals surface area contributed by atoms with Crippen molar-refractivity contribution in [2.45, 2.75) is 51.1 Å². The van der Waals surface area contributed by atoms with Crippen LogP contribution in [-0.2, 0) is 0 Å². The van der Waals surface area contributed by atoms with Crippen molar-refractivity contribution in [1.29, 1.82) is 0 Å². The van der Waals surface area contributed by atoms with Gasteiger partial charge in [0, 0.05) is 25.2 Å². The maximum absolute atomic E-state index is 9.25. The first-order valence-corrected chi connectivity index (χ1v) is 6.94. The van der Waals surface area contributed by atoms with E-state index < -0.39 is 0 Å². The molecule has 2 aliphatic rings. The van der Waals surface area contributed by atoms with Crippen LogP contribution in [0.1, 0.15) is 39.0 Å². The van der Waals surface area contributed by atoms with E-state index in [1.54, 1.807) is 0 Å². The van der Waals surface area contributed by atoms with Crippen LogP contribution in [-0.4, -0.2) is 48.3 Å². The van der Waals surface area contributed by atoms with Crippen molar-refractivity contribution in [3.63, 3.8) is 0 Å². The van der Waals surface area contributed by atoms with Crippen molar-refractivity contribution in [2.24, 2.45) is 5.92 Å². The van der Waals surface area contributed by atoms with Crippen molar-refractivity contribution in [3.8, 4) is 0 Å². The van der Waals surface area contributed by atoms with Gasteiger partial charge in [-0.3, -0.25) is 4.90 Å². The molecule has 16 heavy (non-hydrogen) atoms. The number of nitrogens with zero attached hydrogens (tertiary/aromatic N) is 1. The van der Waals surface area contributed by atoms with Crippen LogP contribution >= 0.6 is 0 Å². The van der Waals surface area contributed by atoms with Gasteiger partial charge in [-0.05, 0) is 25.3 Å². The van der Waals surface area contributed by atoms with Crippen molar-refractivity contribution in [1.82, 2.24) is 10.2 Å². The van der Waals surface area contributed by atoms with Gasteiger partial charge < -0.3 is 10.4 Å². The Morgan fingerprint density at radius 2 is 2.00 bits per heavy atom. The number of hydrogen-bond acceptors (Lipinski definition) is 3. The summed E-state index contributed by atoms with van der Waals surface area (Å²) in [6.07, 6.45) is 6.69. The van der Waals surface area contributed by atoms with Gasteiger partial charge >= 0.3 is 0 Å². The summed E-state index contributed by atoms with van der Waals surface area (Å²) in [6, 6.07) is 1.41. The lowest BCUT2D eigenvalue weighted by molar-refractivity contribution is 0.0898. The Bertz CT molecular complexity index is 204. The fourth-order valence-electron chi connectivity index (χ4n) is 3.49. The Hall–Kier alpha value is -0.120. The molecule has 1 aliphatic heterocycles. The Balaban J connectivity index is 1.99. The van der Waals surface area contributed by atoms with Crippen LogP contribution in [0.15, 0.2) is 0 Å². The Morgan fingerprint density at radius 1 is 1.25 bits per heavy atom. The van der Waals surface area contributed by atoms with Crippen molar-refractivity contribution in [3.05, 3.63) is 0 Å². The maximum atomic E-state index is 9.25. The number of hydrogen-bond donors (Lipinski definition) is 2. The zero-order valence-corrected chi connectivity index (χ0v) is 10.5. The van der Waals surface area contributed by atoms with Crippen LogP contribution < -0.4 is 5.32 Å². The summed E-state index contributed by atoms with van der Waals surface area (Å²) in [5.74, 6) is 0.784. The van der Waals surface area contributed by atoms with Gasteiger partial charge in [-0.2, -0.15) is 0 Å². The first kappa shape index (κ1) is 12.3. The molecule has 1 saturated carbocycles. The molecule has 2 N–H and O–H groups in total. The van der Waals surface area contributed by atoms with Crippen molar-refractivity contribution < 1.29 is 5.11 Å². The average Bonchev–Trinajstić information content (AvgIpc) is 2.96. The van der Waals surface area contributed by atoms with E-state index in [9.17, 15) is 5.11 Å². The summed E-state index contributed by atoms with van der Waals surface area (Å²) >= 11 is 0.